The molecule has 0 aliphatic heterocycles. The zero-order valence-electron chi connectivity index (χ0n) is 17.0. The number of fused-ring (bicyclic) bond motifs is 1. The highest BCUT2D eigenvalue weighted by Gasteiger charge is 2.25. The van der Waals surface area contributed by atoms with E-state index in [-0.39, 0.29) is 12.5 Å². The molecule has 1 N–H and O–H groups in total. The largest absolute Gasteiger partial charge is 0.477 e. The van der Waals surface area contributed by atoms with Crippen molar-refractivity contribution < 1.29 is 9.53 Å². The van der Waals surface area contributed by atoms with Crippen LogP contribution in [0.5, 0.6) is 5.75 Å². The van der Waals surface area contributed by atoms with Crippen molar-refractivity contribution in [1.29, 1.82) is 5.26 Å². The fourth-order valence-electron chi connectivity index (χ4n) is 3.65. The van der Waals surface area contributed by atoms with Crippen molar-refractivity contribution in [3.05, 3.63) is 73.5 Å². The number of benzene rings is 2. The zero-order chi connectivity index (χ0) is 22.5. The Bertz CT molecular complexity index is 1220. The third kappa shape index (κ3) is 5.04. The number of nitriles is 1. The quantitative estimate of drug-likeness (QED) is 0.352. The van der Waals surface area contributed by atoms with Gasteiger partial charge in [0.1, 0.15) is 16.8 Å². The number of carbonyl (C=O) groups excluding carboxylic acids is 1. The first-order valence-electron chi connectivity index (χ1n) is 10.1. The minimum atomic E-state index is -0.157. The molecule has 0 bridgehead atoms. The van der Waals surface area contributed by atoms with Crippen LogP contribution in [0.4, 0.5) is 10.7 Å². The molecular formula is C24H19BrClN3O2S. The minimum Gasteiger partial charge on any atom is -0.477 e. The van der Waals surface area contributed by atoms with Crippen LogP contribution < -0.4 is 10.1 Å². The molecule has 1 aliphatic carbocycles. The number of anilines is 1. The summed E-state index contributed by atoms with van der Waals surface area (Å²) in [5.41, 5.74) is 3.09. The van der Waals surface area contributed by atoms with Crippen molar-refractivity contribution in [1.82, 2.24) is 0 Å². The van der Waals surface area contributed by atoms with E-state index in [1.165, 1.54) is 4.88 Å². The number of hydrogen-bond donors (Lipinski definition) is 1. The lowest BCUT2D eigenvalue weighted by atomic mass is 9.95. The van der Waals surface area contributed by atoms with Crippen molar-refractivity contribution in [2.24, 2.45) is 4.99 Å². The average Bonchev–Trinajstić information content (AvgIpc) is 3.16. The van der Waals surface area contributed by atoms with Gasteiger partial charge in [0.05, 0.1) is 10.0 Å². The van der Waals surface area contributed by atoms with E-state index in [9.17, 15) is 4.79 Å². The molecule has 5 nitrogen and oxygen atoms in total. The monoisotopic (exact) mass is 527 g/mol. The second kappa shape index (κ2) is 10.3. The number of carbonyl (C=O) groups is 1. The minimum absolute atomic E-state index is 0.0981. The normalized spacial score (nSPS) is 12.9. The lowest BCUT2D eigenvalue weighted by Crippen LogP contribution is -2.14. The first-order valence-corrected chi connectivity index (χ1v) is 12.1. The van der Waals surface area contributed by atoms with Crippen molar-refractivity contribution in [2.45, 2.75) is 25.7 Å². The van der Waals surface area contributed by atoms with Crippen LogP contribution in [0, 0.1) is 11.3 Å². The van der Waals surface area contributed by atoms with Crippen molar-refractivity contribution in [3.63, 3.8) is 0 Å². The van der Waals surface area contributed by atoms with E-state index in [1.807, 2.05) is 36.4 Å². The van der Waals surface area contributed by atoms with Gasteiger partial charge in [-0.05, 0) is 71.4 Å². The summed E-state index contributed by atoms with van der Waals surface area (Å²) in [4.78, 5) is 19.1. The lowest BCUT2D eigenvalue weighted by molar-refractivity contribution is 0.102. The second-order valence-electron chi connectivity index (χ2n) is 7.22. The molecule has 0 saturated heterocycles. The first-order chi connectivity index (χ1) is 15.6. The molecule has 0 unspecified atom stereocenters. The molecule has 0 fully saturated rings. The molecule has 1 heterocycles. The van der Waals surface area contributed by atoms with Gasteiger partial charge in [-0.3, -0.25) is 4.79 Å². The van der Waals surface area contributed by atoms with Gasteiger partial charge in [0.15, 0.2) is 6.61 Å². The van der Waals surface area contributed by atoms with Crippen LogP contribution in [0.25, 0.3) is 0 Å². The third-order valence-corrected chi connectivity index (χ3v) is 7.06. The van der Waals surface area contributed by atoms with E-state index in [0.717, 1.165) is 36.9 Å². The molecule has 1 aliphatic rings. The van der Waals surface area contributed by atoms with Gasteiger partial charge in [0.2, 0.25) is 0 Å². The van der Waals surface area contributed by atoms with E-state index in [0.29, 0.717) is 31.4 Å². The number of ether oxygens (including phenoxy) is 1. The predicted molar refractivity (Wildman–Crippen MR) is 133 cm³/mol. The van der Waals surface area contributed by atoms with E-state index >= 15 is 0 Å². The van der Waals surface area contributed by atoms with Crippen LogP contribution in [-0.4, -0.2) is 18.7 Å². The van der Waals surface area contributed by atoms with Crippen LogP contribution in [0.3, 0.4) is 0 Å². The van der Waals surface area contributed by atoms with Gasteiger partial charge >= 0.3 is 0 Å². The second-order valence-corrected chi connectivity index (χ2v) is 9.60. The van der Waals surface area contributed by atoms with Gasteiger partial charge in [-0.2, -0.15) is 5.26 Å². The molecule has 3 aromatic rings. The van der Waals surface area contributed by atoms with Gasteiger partial charge < -0.3 is 10.1 Å². The number of hydrogen-bond acceptors (Lipinski definition) is 5. The third-order valence-electron chi connectivity index (χ3n) is 5.05. The Morgan fingerprint density at radius 1 is 1.28 bits per heavy atom. The number of nitrogens with one attached hydrogen (secondary N) is 1. The number of para-hydroxylation sites is 1. The van der Waals surface area contributed by atoms with E-state index in [2.05, 4.69) is 26.2 Å². The van der Waals surface area contributed by atoms with Crippen LogP contribution in [-0.2, 0) is 12.8 Å². The molecule has 0 radical (unpaired) electrons. The molecule has 2 aromatic carbocycles. The van der Waals surface area contributed by atoms with Gasteiger partial charge in [0.25, 0.3) is 5.91 Å². The molecule has 1 amide bonds. The maximum atomic E-state index is 13.2. The molecular weight excluding hydrogens is 510 g/mol. The number of amides is 1. The molecule has 0 saturated carbocycles. The Labute approximate surface area is 203 Å². The molecule has 0 spiro atoms. The van der Waals surface area contributed by atoms with Crippen LogP contribution >= 0.6 is 38.9 Å². The molecule has 162 valence electrons. The van der Waals surface area contributed by atoms with Crippen molar-refractivity contribution in [2.75, 3.05) is 11.9 Å². The Balaban J connectivity index is 1.72. The summed E-state index contributed by atoms with van der Waals surface area (Å²) >= 11 is 11.2. The van der Waals surface area contributed by atoms with Crippen LogP contribution in [0.1, 0.15) is 39.2 Å². The number of nitrogens with zero attached hydrogens (tertiary/aromatic N) is 2. The Kier molecular flexibility index (Phi) is 7.26. The van der Waals surface area contributed by atoms with E-state index < -0.39 is 0 Å². The van der Waals surface area contributed by atoms with Crippen LogP contribution in [0.15, 0.2) is 51.9 Å². The Hall–Kier alpha value is -2.66. The smallest absolute Gasteiger partial charge is 0.259 e. The maximum Gasteiger partial charge on any atom is 0.259 e. The van der Waals surface area contributed by atoms with Gasteiger partial charge in [-0.25, -0.2) is 4.99 Å². The predicted octanol–water partition coefficient (Wildman–Crippen LogP) is 6.95. The zero-order valence-corrected chi connectivity index (χ0v) is 20.2. The lowest BCUT2D eigenvalue weighted by Gasteiger charge is -2.13. The summed E-state index contributed by atoms with van der Waals surface area (Å²) in [6, 6.07) is 14.8. The SMILES string of the molecule is N#CCOc1c(Br)cc(Cl)cc1C=Nc1sc2c(c1C(=O)Nc1ccccc1)CCCC2. The summed E-state index contributed by atoms with van der Waals surface area (Å²) in [6.45, 7) is -0.0981. The first kappa shape index (κ1) is 22.5. The van der Waals surface area contributed by atoms with E-state index in [4.69, 9.17) is 21.6 Å². The maximum absolute atomic E-state index is 13.2. The van der Waals surface area contributed by atoms with Gasteiger partial charge in [-0.1, -0.05) is 29.8 Å². The van der Waals surface area contributed by atoms with Gasteiger partial charge in [-0.15, -0.1) is 11.3 Å². The standard InChI is InChI=1S/C24H19BrClN3O2S/c25-19-13-16(26)12-15(22(19)31-11-10-27)14-28-24-21(18-8-4-5-9-20(18)32-24)23(30)29-17-6-2-1-3-7-17/h1-3,6-7,12-14H,4-5,8-9,11H2,(H,29,30). The Morgan fingerprint density at radius 3 is 2.84 bits per heavy atom. The summed E-state index contributed by atoms with van der Waals surface area (Å²) in [5, 5.41) is 13.1. The highest BCUT2D eigenvalue weighted by molar-refractivity contribution is 9.10. The van der Waals surface area contributed by atoms with Crippen molar-refractivity contribution >= 4 is 61.7 Å². The van der Waals surface area contributed by atoms with Gasteiger partial charge in [0, 0.05) is 27.4 Å². The van der Waals surface area contributed by atoms with Crippen molar-refractivity contribution in [3.8, 4) is 11.8 Å². The number of thiophene rings is 1. The molecule has 1 aromatic heterocycles. The summed E-state index contributed by atoms with van der Waals surface area (Å²) in [5.74, 6) is 0.326. The number of halogens is 2. The summed E-state index contributed by atoms with van der Waals surface area (Å²) in [7, 11) is 0. The summed E-state index contributed by atoms with van der Waals surface area (Å²) < 4.78 is 6.20. The highest BCUT2D eigenvalue weighted by atomic mass is 79.9. The molecule has 8 heteroatoms. The number of rotatable bonds is 6. The molecule has 32 heavy (non-hydrogen) atoms. The summed E-state index contributed by atoms with van der Waals surface area (Å²) in [6.07, 6.45) is 5.65. The fraction of sp³-hybridized carbons (Fsp3) is 0.208. The number of aryl methyl sites for hydroxylation is 1. The fourth-order valence-corrected chi connectivity index (χ4v) is 5.83. The number of aliphatic imine (C=N–C) groups is 1. The van der Waals surface area contributed by atoms with E-state index in [1.54, 1.807) is 29.7 Å². The Morgan fingerprint density at radius 2 is 2.06 bits per heavy atom. The highest BCUT2D eigenvalue weighted by Crippen LogP contribution is 2.41. The average molecular weight is 529 g/mol. The molecule has 0 atom stereocenters. The van der Waals surface area contributed by atoms with Crippen LogP contribution in [0.2, 0.25) is 5.02 Å². The molecule has 4 rings (SSSR count). The topological polar surface area (TPSA) is 74.5 Å².